The highest BCUT2D eigenvalue weighted by atomic mass is 16.5. The molecule has 2 aromatic carbocycles. The summed E-state index contributed by atoms with van der Waals surface area (Å²) in [6.45, 7) is 2.35. The van der Waals surface area contributed by atoms with Gasteiger partial charge in [0, 0.05) is 43.3 Å². The Morgan fingerprint density at radius 2 is 1.91 bits per heavy atom. The molecule has 0 fully saturated rings. The number of pyridine rings is 1. The van der Waals surface area contributed by atoms with Gasteiger partial charge in [0.2, 0.25) is 5.88 Å². The van der Waals surface area contributed by atoms with Gasteiger partial charge in [-0.2, -0.15) is 0 Å². The predicted molar refractivity (Wildman–Crippen MR) is 140 cm³/mol. The number of nitrogens with one attached hydrogen (secondary N) is 2. The van der Waals surface area contributed by atoms with Gasteiger partial charge in [-0.15, -0.1) is 0 Å². The maximum Gasteiger partial charge on any atom is 0.237 e. The minimum absolute atomic E-state index is 0.0310. The van der Waals surface area contributed by atoms with Gasteiger partial charge in [0.15, 0.2) is 0 Å². The number of ether oxygens (including phenoxy) is 2. The van der Waals surface area contributed by atoms with Crippen LogP contribution >= 0.6 is 0 Å². The lowest BCUT2D eigenvalue weighted by molar-refractivity contribution is 0.194. The number of benzene rings is 2. The minimum atomic E-state index is 0.0310. The summed E-state index contributed by atoms with van der Waals surface area (Å²) in [6, 6.07) is 22.1. The predicted octanol–water partition coefficient (Wildman–Crippen LogP) is 3.78. The molecule has 0 spiro atoms. The summed E-state index contributed by atoms with van der Waals surface area (Å²) in [7, 11) is 3.39. The first kappa shape index (κ1) is 24.8. The highest BCUT2D eigenvalue weighted by Crippen LogP contribution is 2.29. The topological polar surface area (TPSA) is 93.8 Å². The molecule has 0 amide bonds. The lowest BCUT2D eigenvalue weighted by Crippen LogP contribution is -2.40. The van der Waals surface area contributed by atoms with E-state index < -0.39 is 0 Å². The molecule has 3 aromatic rings. The van der Waals surface area contributed by atoms with Crippen LogP contribution in [-0.4, -0.2) is 51.1 Å². The zero-order valence-corrected chi connectivity index (χ0v) is 19.8. The Morgan fingerprint density at radius 1 is 1.21 bits per heavy atom. The Labute approximate surface area is 201 Å². The number of hydrogen-bond acceptors (Lipinski definition) is 7. The van der Waals surface area contributed by atoms with E-state index in [1.54, 1.807) is 26.6 Å². The molecule has 1 aliphatic heterocycles. The second-order valence-electron chi connectivity index (χ2n) is 7.66. The van der Waals surface area contributed by atoms with E-state index in [9.17, 15) is 0 Å². The number of aromatic nitrogens is 1. The third kappa shape index (κ3) is 7.64. The van der Waals surface area contributed by atoms with Gasteiger partial charge < -0.3 is 25.8 Å². The van der Waals surface area contributed by atoms with Gasteiger partial charge in [-0.3, -0.25) is 4.99 Å². The summed E-state index contributed by atoms with van der Waals surface area (Å²) in [5.74, 6) is 1.49. The van der Waals surface area contributed by atoms with Crippen molar-refractivity contribution in [2.24, 2.45) is 10.7 Å². The average Bonchev–Trinajstić information content (AvgIpc) is 2.91. The molecule has 0 bridgehead atoms. The zero-order valence-electron chi connectivity index (χ0n) is 19.8. The maximum atomic E-state index is 6.01. The number of anilines is 1. The summed E-state index contributed by atoms with van der Waals surface area (Å²) in [6.07, 6.45) is 5.97. The summed E-state index contributed by atoms with van der Waals surface area (Å²) in [5.41, 5.74) is 9.53. The third-order valence-corrected chi connectivity index (χ3v) is 5.22. The largest absolute Gasteiger partial charge is 0.497 e. The lowest BCUT2D eigenvalue weighted by Gasteiger charge is -2.27. The fraction of sp³-hybridized carbons (Fsp3) is 0.259. The van der Waals surface area contributed by atoms with Crippen molar-refractivity contribution < 1.29 is 9.47 Å². The van der Waals surface area contributed by atoms with Crippen molar-refractivity contribution in [2.75, 3.05) is 39.1 Å². The molecule has 0 radical (unpaired) electrons. The maximum absolute atomic E-state index is 6.01. The van der Waals surface area contributed by atoms with E-state index in [0.717, 1.165) is 48.6 Å². The first-order valence-corrected chi connectivity index (χ1v) is 11.3. The Kier molecular flexibility index (Phi) is 9.95. The SMILES string of the molecule is CN=C/C(=C\N)c1cnc2c(c1)NCC(CNCCc1ccc(OC)cc1)O2.c1ccccc1. The van der Waals surface area contributed by atoms with Gasteiger partial charge >= 0.3 is 0 Å². The molecule has 0 saturated carbocycles. The fourth-order valence-corrected chi connectivity index (χ4v) is 3.39. The van der Waals surface area contributed by atoms with Crippen LogP contribution in [0.15, 0.2) is 84.1 Å². The van der Waals surface area contributed by atoms with E-state index in [1.807, 2.05) is 54.6 Å². The molecule has 4 rings (SSSR count). The Morgan fingerprint density at radius 3 is 2.53 bits per heavy atom. The quantitative estimate of drug-likeness (QED) is 0.351. The van der Waals surface area contributed by atoms with E-state index in [4.69, 9.17) is 15.2 Å². The monoisotopic (exact) mass is 459 g/mol. The molecule has 1 aliphatic rings. The Hall–Kier alpha value is -3.84. The van der Waals surface area contributed by atoms with Crippen LogP contribution in [0.3, 0.4) is 0 Å². The summed E-state index contributed by atoms with van der Waals surface area (Å²) in [5, 5.41) is 6.84. The van der Waals surface area contributed by atoms with Gasteiger partial charge in [0.05, 0.1) is 19.3 Å². The molecule has 7 heteroatoms. The van der Waals surface area contributed by atoms with E-state index in [-0.39, 0.29) is 6.10 Å². The normalized spacial score (nSPS) is 14.9. The molecule has 2 heterocycles. The molecular formula is C27H33N5O2. The summed E-state index contributed by atoms with van der Waals surface area (Å²) >= 11 is 0. The third-order valence-electron chi connectivity index (χ3n) is 5.22. The van der Waals surface area contributed by atoms with Crippen molar-refractivity contribution >= 4 is 17.5 Å². The van der Waals surface area contributed by atoms with Gasteiger partial charge in [-0.1, -0.05) is 48.5 Å². The van der Waals surface area contributed by atoms with Crippen LogP contribution < -0.4 is 25.8 Å². The summed E-state index contributed by atoms with van der Waals surface area (Å²) < 4.78 is 11.2. The van der Waals surface area contributed by atoms with Crippen LogP contribution in [0.25, 0.3) is 5.57 Å². The van der Waals surface area contributed by atoms with E-state index in [0.29, 0.717) is 5.88 Å². The van der Waals surface area contributed by atoms with Crippen LogP contribution in [0.5, 0.6) is 11.6 Å². The molecule has 178 valence electrons. The van der Waals surface area contributed by atoms with Crippen LogP contribution in [0, 0.1) is 0 Å². The molecule has 1 aromatic heterocycles. The highest BCUT2D eigenvalue weighted by Gasteiger charge is 2.20. The molecule has 34 heavy (non-hydrogen) atoms. The highest BCUT2D eigenvalue weighted by molar-refractivity contribution is 6.09. The first-order valence-electron chi connectivity index (χ1n) is 11.3. The molecule has 1 atom stereocenters. The number of nitrogens with zero attached hydrogens (tertiary/aromatic N) is 2. The molecule has 7 nitrogen and oxygen atoms in total. The van der Waals surface area contributed by atoms with Crippen molar-refractivity contribution in [3.8, 4) is 11.6 Å². The average molecular weight is 460 g/mol. The van der Waals surface area contributed by atoms with Crippen molar-refractivity contribution in [3.05, 3.63) is 90.3 Å². The smallest absolute Gasteiger partial charge is 0.237 e. The van der Waals surface area contributed by atoms with Gasteiger partial charge in [0.1, 0.15) is 11.9 Å². The number of aliphatic imine (C=N–C) groups is 1. The summed E-state index contributed by atoms with van der Waals surface area (Å²) in [4.78, 5) is 8.44. The lowest BCUT2D eigenvalue weighted by atomic mass is 10.1. The first-order chi connectivity index (χ1) is 16.7. The van der Waals surface area contributed by atoms with E-state index in [2.05, 4.69) is 32.7 Å². The number of allylic oxidation sites excluding steroid dienone is 1. The van der Waals surface area contributed by atoms with Gasteiger partial charge in [-0.05, 0) is 36.7 Å². The van der Waals surface area contributed by atoms with Crippen molar-refractivity contribution in [1.82, 2.24) is 10.3 Å². The van der Waals surface area contributed by atoms with Crippen LogP contribution in [0.1, 0.15) is 11.1 Å². The van der Waals surface area contributed by atoms with Crippen molar-refractivity contribution in [1.29, 1.82) is 0 Å². The van der Waals surface area contributed by atoms with Crippen molar-refractivity contribution in [3.63, 3.8) is 0 Å². The standard InChI is InChI=1S/C21H27N5O2.C6H6/c1-23-11-17(10-22)16-9-20-21(26-12-16)28-19(14-25-20)13-24-8-7-15-3-5-18(27-2)6-4-15;1-2-4-6-5-3-1/h3-6,9-12,19,24-25H,7-8,13-14,22H2,1-2H3;1-6H/b17-10+,23-11?;. The van der Waals surface area contributed by atoms with E-state index >= 15 is 0 Å². The second kappa shape index (κ2) is 13.6. The van der Waals surface area contributed by atoms with E-state index in [1.165, 1.54) is 11.8 Å². The minimum Gasteiger partial charge on any atom is -0.497 e. The van der Waals surface area contributed by atoms with Crippen LogP contribution in [-0.2, 0) is 6.42 Å². The fourth-order valence-electron chi connectivity index (χ4n) is 3.39. The number of methoxy groups -OCH3 is 1. The number of rotatable bonds is 8. The van der Waals surface area contributed by atoms with Crippen LogP contribution in [0.4, 0.5) is 5.69 Å². The molecule has 0 saturated heterocycles. The molecule has 1 unspecified atom stereocenters. The Bertz CT molecular complexity index is 1030. The van der Waals surface area contributed by atoms with Gasteiger partial charge in [0.25, 0.3) is 0 Å². The number of nitrogens with two attached hydrogens (primary N) is 1. The van der Waals surface area contributed by atoms with Crippen molar-refractivity contribution in [2.45, 2.75) is 12.5 Å². The molecule has 4 N–H and O–H groups in total. The molecular weight excluding hydrogens is 426 g/mol. The van der Waals surface area contributed by atoms with Crippen LogP contribution in [0.2, 0.25) is 0 Å². The Balaban J connectivity index is 0.000000469. The number of fused-ring (bicyclic) bond motifs is 1. The molecule has 0 aliphatic carbocycles. The second-order valence-corrected chi connectivity index (χ2v) is 7.66. The van der Waals surface area contributed by atoms with Gasteiger partial charge in [-0.25, -0.2) is 4.98 Å². The zero-order chi connectivity index (χ0) is 24.0. The number of hydrogen-bond donors (Lipinski definition) is 3.